The van der Waals surface area contributed by atoms with E-state index in [-0.39, 0.29) is 0 Å². The van der Waals surface area contributed by atoms with E-state index in [1.165, 1.54) is 0 Å². The Bertz CT molecular complexity index is 560. The molecule has 0 N–H and O–H groups in total. The number of fused-ring (bicyclic) bond motifs is 1. The molecule has 106 valence electrons. The van der Waals surface area contributed by atoms with Gasteiger partial charge < -0.3 is 9.30 Å². The smallest absolute Gasteiger partial charge is 0.158 e. The van der Waals surface area contributed by atoms with E-state index in [4.69, 9.17) is 16.3 Å². The summed E-state index contributed by atoms with van der Waals surface area (Å²) >= 11 is 6.02. The Morgan fingerprint density at radius 3 is 2.74 bits per heavy atom. The van der Waals surface area contributed by atoms with Gasteiger partial charge in [-0.15, -0.1) is 11.6 Å². The molecule has 0 aliphatic rings. The number of hydrogen-bond acceptors (Lipinski definition) is 3. The first-order chi connectivity index (χ1) is 9.12. The van der Waals surface area contributed by atoms with E-state index in [9.17, 15) is 0 Å². The van der Waals surface area contributed by atoms with Crippen molar-refractivity contribution in [2.75, 3.05) is 13.7 Å². The minimum atomic E-state index is 0.407. The molecule has 0 aromatic carbocycles. The summed E-state index contributed by atoms with van der Waals surface area (Å²) in [5.41, 5.74) is 2.99. The number of ether oxygens (including phenoxy) is 1. The topological polar surface area (TPSA) is 44.9 Å². The lowest BCUT2D eigenvalue weighted by Crippen LogP contribution is -2.16. The van der Waals surface area contributed by atoms with Gasteiger partial charge >= 0.3 is 0 Å². The third kappa shape index (κ3) is 2.62. The van der Waals surface area contributed by atoms with E-state index >= 15 is 0 Å². The molecule has 2 aromatic heterocycles. The van der Waals surface area contributed by atoms with Crippen LogP contribution in [0, 0.1) is 12.8 Å². The van der Waals surface area contributed by atoms with E-state index in [1.54, 1.807) is 7.11 Å². The van der Waals surface area contributed by atoms with Crippen LogP contribution in [0.25, 0.3) is 11.2 Å². The summed E-state index contributed by atoms with van der Waals surface area (Å²) in [5.74, 6) is 1.73. The number of hydrogen-bond donors (Lipinski definition) is 0. The second-order valence-corrected chi connectivity index (χ2v) is 5.17. The highest BCUT2D eigenvalue weighted by molar-refractivity contribution is 6.16. The summed E-state index contributed by atoms with van der Waals surface area (Å²) in [4.78, 5) is 4.62. The van der Waals surface area contributed by atoms with Gasteiger partial charge in [0.2, 0.25) is 0 Å². The summed E-state index contributed by atoms with van der Waals surface area (Å²) in [6, 6.07) is 0. The second-order valence-electron chi connectivity index (χ2n) is 4.91. The van der Waals surface area contributed by atoms with Gasteiger partial charge in [0.1, 0.15) is 11.3 Å². The first-order valence-electron chi connectivity index (χ1n) is 6.59. The molecule has 5 nitrogen and oxygen atoms in total. The molecular formula is C13H21ClN4O. The zero-order chi connectivity index (χ0) is 14.0. The maximum Gasteiger partial charge on any atom is 0.158 e. The fourth-order valence-electron chi connectivity index (χ4n) is 2.43. The van der Waals surface area contributed by atoms with Crippen LogP contribution in [0.4, 0.5) is 0 Å². The maximum atomic E-state index is 6.02. The highest BCUT2D eigenvalue weighted by Crippen LogP contribution is 2.22. The number of alkyl halides is 1. The van der Waals surface area contributed by atoms with Crippen LogP contribution in [0.3, 0.4) is 0 Å². The third-order valence-corrected chi connectivity index (χ3v) is 3.48. The van der Waals surface area contributed by atoms with Crippen LogP contribution in [0.1, 0.15) is 25.4 Å². The molecule has 2 rings (SSSR count). The zero-order valence-corrected chi connectivity index (χ0v) is 12.7. The van der Waals surface area contributed by atoms with Gasteiger partial charge in [-0.25, -0.2) is 9.67 Å². The molecular weight excluding hydrogens is 264 g/mol. The van der Waals surface area contributed by atoms with E-state index in [0.717, 1.165) is 42.4 Å². The lowest BCUT2D eigenvalue weighted by atomic mass is 10.2. The first kappa shape index (κ1) is 14.3. The van der Waals surface area contributed by atoms with E-state index in [2.05, 4.69) is 28.5 Å². The average Bonchev–Trinajstić information content (AvgIpc) is 2.89. The first-order valence-corrected chi connectivity index (χ1v) is 7.13. The third-order valence-electron chi connectivity index (χ3n) is 3.24. The van der Waals surface area contributed by atoms with Crippen LogP contribution in [-0.2, 0) is 23.7 Å². The predicted octanol–water partition coefficient (Wildman–Crippen LogP) is 2.58. The maximum absolute atomic E-state index is 6.02. The van der Waals surface area contributed by atoms with Crippen molar-refractivity contribution >= 4 is 22.8 Å². The van der Waals surface area contributed by atoms with E-state index in [1.807, 2.05) is 11.6 Å². The molecule has 0 radical (unpaired) electrons. The van der Waals surface area contributed by atoms with Crippen molar-refractivity contribution in [2.45, 2.75) is 39.7 Å². The number of halogens is 1. The Morgan fingerprint density at radius 2 is 2.16 bits per heavy atom. The molecule has 0 amide bonds. The monoisotopic (exact) mass is 284 g/mol. The predicted molar refractivity (Wildman–Crippen MR) is 76.5 cm³/mol. The summed E-state index contributed by atoms with van der Waals surface area (Å²) in [6.07, 6.45) is 0. The molecule has 2 heterocycles. The van der Waals surface area contributed by atoms with Crippen LogP contribution in [0.5, 0.6) is 0 Å². The Balaban J connectivity index is 2.49. The van der Waals surface area contributed by atoms with Crippen molar-refractivity contribution in [3.63, 3.8) is 0 Å². The summed E-state index contributed by atoms with van der Waals surface area (Å²) < 4.78 is 9.38. The minimum Gasteiger partial charge on any atom is -0.384 e. The molecule has 0 saturated carbocycles. The normalized spacial score (nSPS) is 13.3. The number of aromatic nitrogens is 4. The SMILES string of the molecule is CCn1nc(C)c2nc(CCl)n(CC(C)COC)c21. The number of aryl methyl sites for hydroxylation is 2. The molecule has 0 spiro atoms. The van der Waals surface area contributed by atoms with Crippen LogP contribution >= 0.6 is 11.6 Å². The molecule has 1 atom stereocenters. The van der Waals surface area contributed by atoms with E-state index in [0.29, 0.717) is 11.8 Å². The van der Waals surface area contributed by atoms with Crippen LogP contribution in [-0.4, -0.2) is 33.0 Å². The van der Waals surface area contributed by atoms with Gasteiger partial charge in [-0.1, -0.05) is 6.92 Å². The second kappa shape index (κ2) is 5.92. The summed E-state index contributed by atoms with van der Waals surface area (Å²) in [6.45, 7) is 8.63. The van der Waals surface area contributed by atoms with Crippen molar-refractivity contribution in [3.8, 4) is 0 Å². The van der Waals surface area contributed by atoms with Gasteiger partial charge in [-0.05, 0) is 19.8 Å². The van der Waals surface area contributed by atoms with E-state index < -0.39 is 0 Å². The largest absolute Gasteiger partial charge is 0.384 e. The zero-order valence-electron chi connectivity index (χ0n) is 12.0. The number of imidazole rings is 1. The minimum absolute atomic E-state index is 0.407. The Kier molecular flexibility index (Phi) is 4.47. The molecule has 0 aliphatic carbocycles. The summed E-state index contributed by atoms with van der Waals surface area (Å²) in [7, 11) is 1.73. The molecule has 0 saturated heterocycles. The number of nitrogens with zero attached hydrogens (tertiary/aromatic N) is 4. The van der Waals surface area contributed by atoms with Crippen molar-refractivity contribution in [1.82, 2.24) is 19.3 Å². The van der Waals surface area contributed by atoms with Crippen molar-refractivity contribution < 1.29 is 4.74 Å². The fraction of sp³-hybridized carbons (Fsp3) is 0.692. The van der Waals surface area contributed by atoms with Gasteiger partial charge in [0.05, 0.1) is 18.2 Å². The van der Waals surface area contributed by atoms with Crippen LogP contribution < -0.4 is 0 Å². The Labute approximate surface area is 118 Å². The molecule has 0 aliphatic heterocycles. The lowest BCUT2D eigenvalue weighted by Gasteiger charge is -2.14. The lowest BCUT2D eigenvalue weighted by molar-refractivity contribution is 0.151. The Hall–Kier alpha value is -1.07. The molecule has 0 bridgehead atoms. The highest BCUT2D eigenvalue weighted by Gasteiger charge is 2.18. The van der Waals surface area contributed by atoms with Crippen LogP contribution in [0.15, 0.2) is 0 Å². The molecule has 0 fully saturated rings. The van der Waals surface area contributed by atoms with Crippen molar-refractivity contribution in [2.24, 2.45) is 5.92 Å². The average molecular weight is 285 g/mol. The van der Waals surface area contributed by atoms with Crippen molar-refractivity contribution in [1.29, 1.82) is 0 Å². The van der Waals surface area contributed by atoms with Crippen molar-refractivity contribution in [3.05, 3.63) is 11.5 Å². The quantitative estimate of drug-likeness (QED) is 0.766. The highest BCUT2D eigenvalue weighted by atomic mass is 35.5. The van der Waals surface area contributed by atoms with Gasteiger partial charge in [-0.2, -0.15) is 5.10 Å². The molecule has 1 unspecified atom stereocenters. The molecule has 19 heavy (non-hydrogen) atoms. The standard InChI is InChI=1S/C13H21ClN4O/c1-5-18-13-12(10(3)16-18)15-11(6-14)17(13)7-9(2)8-19-4/h9H,5-8H2,1-4H3. The Morgan fingerprint density at radius 1 is 1.42 bits per heavy atom. The molecule has 6 heteroatoms. The van der Waals surface area contributed by atoms with Gasteiger partial charge in [0.25, 0.3) is 0 Å². The number of methoxy groups -OCH3 is 1. The number of rotatable bonds is 6. The van der Waals surface area contributed by atoms with Gasteiger partial charge in [0.15, 0.2) is 5.65 Å². The fourth-order valence-corrected chi connectivity index (χ4v) is 2.64. The summed E-state index contributed by atoms with van der Waals surface area (Å²) in [5, 5.41) is 4.52. The molecule has 2 aromatic rings. The van der Waals surface area contributed by atoms with Gasteiger partial charge in [-0.3, -0.25) is 0 Å². The van der Waals surface area contributed by atoms with Crippen LogP contribution in [0.2, 0.25) is 0 Å². The van der Waals surface area contributed by atoms with Gasteiger partial charge in [0, 0.05) is 20.2 Å².